The number of nitrogens with zero attached hydrogens (tertiary/aromatic N) is 6. The summed E-state index contributed by atoms with van der Waals surface area (Å²) in [6, 6.07) is 14.4. The van der Waals surface area contributed by atoms with E-state index >= 15 is 0 Å². The number of amides is 3. The molecule has 9 nitrogen and oxygen atoms in total. The van der Waals surface area contributed by atoms with E-state index in [0.29, 0.717) is 12.1 Å². The number of anilines is 1. The molecule has 1 saturated heterocycles. The second-order valence-corrected chi connectivity index (χ2v) is 9.40. The van der Waals surface area contributed by atoms with E-state index in [1.807, 2.05) is 48.5 Å². The molecular formula is C27H17F5N6O3. The third-order valence-electron chi connectivity index (χ3n) is 7.02. The van der Waals surface area contributed by atoms with Crippen LogP contribution in [0.2, 0.25) is 0 Å². The number of carbonyl (C=O) groups is 3. The zero-order valence-corrected chi connectivity index (χ0v) is 20.7. The number of halogens is 5. The standard InChI is InChI=1S/C27H17F5N6O3/c28-18-19(29)21(31)24(22(32)20(18)30)37-26(40)23-25(27(37)41)36(35-33-23)12-17(39)38-16(14-9-5-2-6-10-14)11-15(34-38)13-7-3-1-4-8-13/h1-10,16,23,25H,11-12H2/t16-,23-,25-/m1/s1. The van der Waals surface area contributed by atoms with Gasteiger partial charge in [0, 0.05) is 6.42 Å². The summed E-state index contributed by atoms with van der Waals surface area (Å²) >= 11 is 0. The Morgan fingerprint density at radius 1 is 0.805 bits per heavy atom. The minimum Gasteiger partial charge on any atom is -0.271 e. The van der Waals surface area contributed by atoms with Gasteiger partial charge in [-0.15, -0.1) is 0 Å². The lowest BCUT2D eigenvalue weighted by Gasteiger charge is -2.25. The van der Waals surface area contributed by atoms with Crippen molar-refractivity contribution in [1.29, 1.82) is 0 Å². The van der Waals surface area contributed by atoms with Crippen molar-refractivity contribution in [3.8, 4) is 0 Å². The summed E-state index contributed by atoms with van der Waals surface area (Å²) in [5.74, 6) is -15.1. The van der Waals surface area contributed by atoms with Crippen molar-refractivity contribution in [3.05, 3.63) is 101 Å². The van der Waals surface area contributed by atoms with Gasteiger partial charge in [0.2, 0.25) is 5.82 Å². The average molecular weight is 568 g/mol. The Balaban J connectivity index is 1.29. The first-order valence-electron chi connectivity index (χ1n) is 12.3. The third-order valence-corrected chi connectivity index (χ3v) is 7.02. The van der Waals surface area contributed by atoms with Crippen molar-refractivity contribution in [2.75, 3.05) is 11.4 Å². The van der Waals surface area contributed by atoms with E-state index in [0.717, 1.165) is 16.1 Å². The monoisotopic (exact) mass is 568 g/mol. The van der Waals surface area contributed by atoms with Crippen LogP contribution in [-0.2, 0) is 14.4 Å². The van der Waals surface area contributed by atoms with Crippen LogP contribution in [0.25, 0.3) is 0 Å². The maximum Gasteiger partial charge on any atom is 0.264 e. The number of rotatable bonds is 5. The molecule has 1 fully saturated rings. The molecule has 208 valence electrons. The second-order valence-electron chi connectivity index (χ2n) is 9.40. The normalized spacial score (nSPS) is 21.6. The van der Waals surface area contributed by atoms with Gasteiger partial charge in [0.1, 0.15) is 12.2 Å². The molecule has 3 amide bonds. The minimum absolute atomic E-state index is 0.143. The van der Waals surface area contributed by atoms with Crippen LogP contribution >= 0.6 is 0 Å². The molecule has 0 bridgehead atoms. The van der Waals surface area contributed by atoms with Crippen LogP contribution in [-0.4, -0.2) is 52.1 Å². The van der Waals surface area contributed by atoms with Crippen molar-refractivity contribution in [2.45, 2.75) is 24.5 Å². The molecule has 3 aromatic rings. The molecule has 3 aliphatic rings. The fourth-order valence-corrected chi connectivity index (χ4v) is 5.06. The van der Waals surface area contributed by atoms with Gasteiger partial charge in [-0.1, -0.05) is 65.9 Å². The predicted molar refractivity (Wildman–Crippen MR) is 131 cm³/mol. The Morgan fingerprint density at radius 3 is 2.02 bits per heavy atom. The first-order chi connectivity index (χ1) is 19.7. The van der Waals surface area contributed by atoms with Crippen LogP contribution in [0.4, 0.5) is 27.6 Å². The Hall–Kier alpha value is -5.01. The lowest BCUT2D eigenvalue weighted by Crippen LogP contribution is -2.45. The van der Waals surface area contributed by atoms with E-state index < -0.39 is 77.2 Å². The summed E-state index contributed by atoms with van der Waals surface area (Å²) in [6.45, 7) is -0.621. The van der Waals surface area contributed by atoms with E-state index in [1.54, 1.807) is 12.1 Å². The highest BCUT2D eigenvalue weighted by Crippen LogP contribution is 2.38. The van der Waals surface area contributed by atoms with Gasteiger partial charge in [-0.2, -0.15) is 10.2 Å². The number of hydrazone groups is 1. The molecular weight excluding hydrogens is 551 g/mol. The van der Waals surface area contributed by atoms with Crippen LogP contribution in [0.5, 0.6) is 0 Å². The summed E-state index contributed by atoms with van der Waals surface area (Å²) in [5.41, 5.74) is 0.479. The minimum atomic E-state index is -2.44. The molecule has 0 unspecified atom stereocenters. The van der Waals surface area contributed by atoms with Crippen LogP contribution in [0.15, 0.2) is 76.1 Å². The third kappa shape index (κ3) is 4.13. The zero-order chi connectivity index (χ0) is 29.0. The fourth-order valence-electron chi connectivity index (χ4n) is 5.06. The molecule has 0 spiro atoms. The number of hydrogen-bond acceptors (Lipinski definition) is 7. The second kappa shape index (κ2) is 9.87. The number of benzene rings is 3. The molecule has 3 atom stereocenters. The smallest absolute Gasteiger partial charge is 0.264 e. The Morgan fingerprint density at radius 2 is 1.39 bits per heavy atom. The van der Waals surface area contributed by atoms with Gasteiger partial charge < -0.3 is 0 Å². The lowest BCUT2D eigenvalue weighted by atomic mass is 9.98. The highest BCUT2D eigenvalue weighted by atomic mass is 19.2. The number of hydrogen-bond donors (Lipinski definition) is 0. The van der Waals surface area contributed by atoms with Gasteiger partial charge in [-0.05, 0) is 11.1 Å². The van der Waals surface area contributed by atoms with E-state index in [-0.39, 0.29) is 4.90 Å². The van der Waals surface area contributed by atoms with Crippen LogP contribution in [0.3, 0.4) is 0 Å². The topological polar surface area (TPSA) is 98.0 Å². The first-order valence-corrected chi connectivity index (χ1v) is 12.3. The summed E-state index contributed by atoms with van der Waals surface area (Å²) in [7, 11) is 0. The highest BCUT2D eigenvalue weighted by molar-refractivity contribution is 6.25. The molecule has 0 saturated carbocycles. The first kappa shape index (κ1) is 26.2. The van der Waals surface area contributed by atoms with E-state index in [2.05, 4.69) is 15.4 Å². The van der Waals surface area contributed by atoms with Crippen molar-refractivity contribution < 1.29 is 36.3 Å². The zero-order valence-electron chi connectivity index (χ0n) is 20.7. The van der Waals surface area contributed by atoms with Gasteiger partial charge in [-0.25, -0.2) is 31.9 Å². The van der Waals surface area contributed by atoms with Gasteiger partial charge in [0.25, 0.3) is 17.7 Å². The molecule has 0 radical (unpaired) electrons. The predicted octanol–water partition coefficient (Wildman–Crippen LogP) is 4.05. The van der Waals surface area contributed by atoms with Crippen LogP contribution in [0.1, 0.15) is 23.6 Å². The van der Waals surface area contributed by atoms with Crippen LogP contribution in [0, 0.1) is 29.1 Å². The molecule has 3 aliphatic heterocycles. The maximum absolute atomic E-state index is 14.5. The van der Waals surface area contributed by atoms with Crippen molar-refractivity contribution in [3.63, 3.8) is 0 Å². The lowest BCUT2D eigenvalue weighted by molar-refractivity contribution is -0.135. The number of carbonyl (C=O) groups excluding carboxylic acids is 3. The van der Waals surface area contributed by atoms with Crippen molar-refractivity contribution in [1.82, 2.24) is 10.0 Å². The molecule has 14 heteroatoms. The van der Waals surface area contributed by atoms with Gasteiger partial charge in [0.15, 0.2) is 35.4 Å². The molecule has 0 aromatic heterocycles. The van der Waals surface area contributed by atoms with Crippen molar-refractivity contribution >= 4 is 29.1 Å². The molecule has 0 N–H and O–H groups in total. The molecule has 3 aromatic carbocycles. The summed E-state index contributed by atoms with van der Waals surface area (Å²) in [6.07, 6.45) is 0.374. The Bertz CT molecular complexity index is 1620. The number of imide groups is 1. The summed E-state index contributed by atoms with van der Waals surface area (Å²) in [4.78, 5) is 39.4. The van der Waals surface area contributed by atoms with E-state index in [9.17, 15) is 36.3 Å². The quantitative estimate of drug-likeness (QED) is 0.201. The average Bonchev–Trinajstić information content (AvgIpc) is 3.68. The maximum atomic E-state index is 14.5. The molecule has 6 rings (SSSR count). The Labute approximate surface area is 228 Å². The van der Waals surface area contributed by atoms with E-state index in [1.165, 1.54) is 5.01 Å². The Kier molecular flexibility index (Phi) is 6.31. The van der Waals surface area contributed by atoms with Crippen molar-refractivity contribution in [2.24, 2.45) is 15.4 Å². The fraction of sp³-hybridized carbons (Fsp3) is 0.185. The SMILES string of the molecule is O=C1[C@@H]2N=NN(CC(=O)N3N=C(c4ccccc4)C[C@@H]3c3ccccc3)[C@H]2C(=O)N1c1c(F)c(F)c(F)c(F)c1F. The largest absolute Gasteiger partial charge is 0.271 e. The van der Waals surface area contributed by atoms with Crippen LogP contribution < -0.4 is 4.90 Å². The van der Waals surface area contributed by atoms with Gasteiger partial charge >= 0.3 is 0 Å². The van der Waals surface area contributed by atoms with Gasteiger partial charge in [0.05, 0.1) is 11.8 Å². The highest BCUT2D eigenvalue weighted by Gasteiger charge is 2.57. The molecule has 3 heterocycles. The summed E-state index contributed by atoms with van der Waals surface area (Å²) < 4.78 is 70.1. The van der Waals surface area contributed by atoms with E-state index in [4.69, 9.17) is 0 Å². The molecule has 41 heavy (non-hydrogen) atoms. The summed E-state index contributed by atoms with van der Waals surface area (Å²) in [5, 5.41) is 14.0. The van der Waals surface area contributed by atoms with Gasteiger partial charge in [-0.3, -0.25) is 19.4 Å². The molecule has 0 aliphatic carbocycles. The number of fused-ring (bicyclic) bond motifs is 1.